The molecule has 1 heterocycles. The fraction of sp³-hybridized carbons (Fsp3) is 0.900. The first kappa shape index (κ1) is 11.5. The van der Waals surface area contributed by atoms with Gasteiger partial charge < -0.3 is 14.8 Å². The van der Waals surface area contributed by atoms with Crippen LogP contribution in [0.15, 0.2) is 0 Å². The lowest BCUT2D eigenvalue weighted by Gasteiger charge is -2.44. The Hall–Kier alpha value is -0.610. The van der Waals surface area contributed by atoms with Crippen LogP contribution in [0.3, 0.4) is 0 Å². The Morgan fingerprint density at radius 3 is 2.57 bits per heavy atom. The normalized spacial score (nSPS) is 21.1. The molecule has 0 aromatic heterocycles. The lowest BCUT2D eigenvalue weighted by Crippen LogP contribution is -2.61. The van der Waals surface area contributed by atoms with Crippen molar-refractivity contribution in [2.75, 3.05) is 27.4 Å². The summed E-state index contributed by atoms with van der Waals surface area (Å²) in [5.74, 6) is -0.156. The maximum atomic E-state index is 11.6. The minimum atomic E-state index is -0.445. The van der Waals surface area contributed by atoms with Crippen LogP contribution in [0.1, 0.15) is 19.8 Å². The van der Waals surface area contributed by atoms with Crippen LogP contribution in [0.25, 0.3) is 0 Å². The average molecular weight is 201 g/mol. The highest BCUT2D eigenvalue weighted by molar-refractivity contribution is 5.79. The van der Waals surface area contributed by atoms with Gasteiger partial charge in [-0.1, -0.05) is 13.3 Å². The van der Waals surface area contributed by atoms with Crippen molar-refractivity contribution in [1.82, 2.24) is 5.32 Å². The topological polar surface area (TPSA) is 47.6 Å². The van der Waals surface area contributed by atoms with E-state index in [0.717, 1.165) is 12.8 Å². The molecule has 1 rings (SSSR count). The summed E-state index contributed by atoms with van der Waals surface area (Å²) < 4.78 is 9.98. The van der Waals surface area contributed by atoms with E-state index in [0.29, 0.717) is 13.2 Å². The number of methoxy groups -OCH3 is 1. The molecule has 1 fully saturated rings. The molecular weight excluding hydrogens is 182 g/mol. The monoisotopic (exact) mass is 201 g/mol. The van der Waals surface area contributed by atoms with Crippen molar-refractivity contribution in [3.8, 4) is 0 Å². The van der Waals surface area contributed by atoms with E-state index in [-0.39, 0.29) is 12.0 Å². The number of hydrogen-bond acceptors (Lipinski definition) is 4. The number of carbonyl (C=O) groups is 1. The first-order valence-electron chi connectivity index (χ1n) is 5.04. The maximum absolute atomic E-state index is 11.6. The van der Waals surface area contributed by atoms with Gasteiger partial charge in [-0.15, -0.1) is 0 Å². The highest BCUT2D eigenvalue weighted by Crippen LogP contribution is 2.34. The summed E-state index contributed by atoms with van der Waals surface area (Å²) in [6.45, 7) is 3.06. The Balaban J connectivity index is 2.71. The van der Waals surface area contributed by atoms with Gasteiger partial charge in [0.25, 0.3) is 0 Å². The molecule has 1 unspecified atom stereocenters. The molecule has 4 nitrogen and oxygen atoms in total. The molecule has 0 aliphatic carbocycles. The molecule has 0 saturated carbocycles. The molecule has 1 aliphatic rings. The molecule has 1 N–H and O–H groups in total. The Bertz CT molecular complexity index is 202. The van der Waals surface area contributed by atoms with Gasteiger partial charge in [0.2, 0.25) is 0 Å². The third-order valence-electron chi connectivity index (χ3n) is 2.90. The van der Waals surface area contributed by atoms with Crippen LogP contribution < -0.4 is 5.32 Å². The van der Waals surface area contributed by atoms with E-state index in [1.54, 1.807) is 0 Å². The van der Waals surface area contributed by atoms with Gasteiger partial charge in [0.15, 0.2) is 0 Å². The number of esters is 1. The van der Waals surface area contributed by atoms with Gasteiger partial charge in [0.1, 0.15) is 5.41 Å². The first-order chi connectivity index (χ1) is 6.71. The highest BCUT2D eigenvalue weighted by Gasteiger charge is 2.52. The Morgan fingerprint density at radius 2 is 2.29 bits per heavy atom. The Labute approximate surface area is 85.0 Å². The summed E-state index contributed by atoms with van der Waals surface area (Å²) >= 11 is 0. The zero-order chi connectivity index (χ0) is 10.6. The summed E-state index contributed by atoms with van der Waals surface area (Å²) in [6.07, 6.45) is 2.01. The van der Waals surface area contributed by atoms with E-state index < -0.39 is 5.41 Å². The average Bonchev–Trinajstić information content (AvgIpc) is 2.14. The van der Waals surface area contributed by atoms with Crippen molar-refractivity contribution >= 4 is 5.97 Å². The van der Waals surface area contributed by atoms with Gasteiger partial charge >= 0.3 is 5.97 Å². The van der Waals surface area contributed by atoms with Crippen LogP contribution in [0, 0.1) is 5.41 Å². The molecule has 4 heteroatoms. The number of rotatable bonds is 5. The van der Waals surface area contributed by atoms with Gasteiger partial charge in [-0.25, -0.2) is 0 Å². The fourth-order valence-electron chi connectivity index (χ4n) is 1.97. The predicted octanol–water partition coefficient (Wildman–Crippen LogP) is 0.564. The molecule has 0 radical (unpaired) electrons. The van der Waals surface area contributed by atoms with E-state index >= 15 is 0 Å². The van der Waals surface area contributed by atoms with Crippen molar-refractivity contribution in [2.45, 2.75) is 25.8 Å². The summed E-state index contributed by atoms with van der Waals surface area (Å²) in [5.41, 5.74) is -0.445. The molecule has 0 aromatic carbocycles. The van der Waals surface area contributed by atoms with Crippen LogP contribution in [0.2, 0.25) is 0 Å². The zero-order valence-electron chi connectivity index (χ0n) is 9.13. The molecule has 14 heavy (non-hydrogen) atoms. The fourth-order valence-corrected chi connectivity index (χ4v) is 1.97. The molecule has 0 aromatic rings. The lowest BCUT2D eigenvalue weighted by molar-refractivity contribution is -0.189. The molecule has 1 saturated heterocycles. The number of carbonyl (C=O) groups excluding carboxylic acids is 1. The molecule has 1 aliphatic heterocycles. The zero-order valence-corrected chi connectivity index (χ0v) is 9.13. The molecular formula is C10H19NO3. The van der Waals surface area contributed by atoms with Crippen LogP contribution in [-0.4, -0.2) is 39.4 Å². The molecule has 1 atom stereocenters. The summed E-state index contributed by atoms with van der Waals surface area (Å²) in [5, 5.41) is 3.18. The molecule has 82 valence electrons. The van der Waals surface area contributed by atoms with E-state index in [9.17, 15) is 4.79 Å². The first-order valence-corrected chi connectivity index (χ1v) is 5.04. The number of nitrogens with one attached hydrogen (secondary N) is 1. The van der Waals surface area contributed by atoms with E-state index in [4.69, 9.17) is 9.47 Å². The Kier molecular flexibility index (Phi) is 3.89. The van der Waals surface area contributed by atoms with E-state index in [1.165, 1.54) is 7.11 Å². The second kappa shape index (κ2) is 4.75. The van der Waals surface area contributed by atoms with Crippen LogP contribution in [0.5, 0.6) is 0 Å². The van der Waals surface area contributed by atoms with Crippen molar-refractivity contribution in [3.63, 3.8) is 0 Å². The standard InChI is InChI=1S/C10H19NO3/c1-4-5-8(11-2)10(6-14-7-10)9(12)13-3/h8,11H,4-7H2,1-3H3. The predicted molar refractivity (Wildman–Crippen MR) is 53.0 cm³/mol. The minimum absolute atomic E-state index is 0.156. The van der Waals surface area contributed by atoms with Crippen LogP contribution in [-0.2, 0) is 14.3 Å². The quantitative estimate of drug-likeness (QED) is 0.660. The third kappa shape index (κ3) is 1.77. The number of ether oxygens (including phenoxy) is 2. The number of hydrogen-bond donors (Lipinski definition) is 1. The summed E-state index contributed by atoms with van der Waals surface area (Å²) in [7, 11) is 3.31. The second-order valence-corrected chi connectivity index (χ2v) is 3.77. The van der Waals surface area contributed by atoms with E-state index in [1.807, 2.05) is 7.05 Å². The van der Waals surface area contributed by atoms with Crippen molar-refractivity contribution in [3.05, 3.63) is 0 Å². The molecule has 0 spiro atoms. The summed E-state index contributed by atoms with van der Waals surface area (Å²) in [4.78, 5) is 11.6. The minimum Gasteiger partial charge on any atom is -0.468 e. The maximum Gasteiger partial charge on any atom is 0.318 e. The highest BCUT2D eigenvalue weighted by atomic mass is 16.5. The van der Waals surface area contributed by atoms with Crippen molar-refractivity contribution in [2.24, 2.45) is 5.41 Å². The van der Waals surface area contributed by atoms with Crippen LogP contribution >= 0.6 is 0 Å². The van der Waals surface area contributed by atoms with Gasteiger partial charge in [-0.05, 0) is 13.5 Å². The van der Waals surface area contributed by atoms with Gasteiger partial charge in [-0.2, -0.15) is 0 Å². The van der Waals surface area contributed by atoms with Crippen molar-refractivity contribution in [1.29, 1.82) is 0 Å². The molecule has 0 bridgehead atoms. The van der Waals surface area contributed by atoms with Gasteiger partial charge in [0, 0.05) is 6.04 Å². The lowest BCUT2D eigenvalue weighted by atomic mass is 9.76. The summed E-state index contributed by atoms with van der Waals surface area (Å²) in [6, 6.07) is 0.161. The Morgan fingerprint density at radius 1 is 1.64 bits per heavy atom. The van der Waals surface area contributed by atoms with Crippen LogP contribution in [0.4, 0.5) is 0 Å². The van der Waals surface area contributed by atoms with E-state index in [2.05, 4.69) is 12.2 Å². The largest absolute Gasteiger partial charge is 0.468 e. The van der Waals surface area contributed by atoms with Gasteiger partial charge in [0.05, 0.1) is 20.3 Å². The second-order valence-electron chi connectivity index (χ2n) is 3.77. The third-order valence-corrected chi connectivity index (χ3v) is 2.90. The smallest absolute Gasteiger partial charge is 0.318 e. The van der Waals surface area contributed by atoms with Gasteiger partial charge in [-0.3, -0.25) is 4.79 Å². The SMILES string of the molecule is CCCC(NC)C1(C(=O)OC)COC1. The molecule has 0 amide bonds. The van der Waals surface area contributed by atoms with Crippen molar-refractivity contribution < 1.29 is 14.3 Å².